The van der Waals surface area contributed by atoms with Crippen LogP contribution in [0.5, 0.6) is 0 Å². The first-order valence-corrected chi connectivity index (χ1v) is 16.2. The molecule has 0 aliphatic carbocycles. The maximum Gasteiger partial charge on any atom is 0.362 e. The maximum atomic E-state index is 12.5. The maximum absolute atomic E-state index is 12.5. The molecule has 8 nitrogen and oxygen atoms in total. The van der Waals surface area contributed by atoms with E-state index in [4.69, 9.17) is 14.2 Å². The number of nitrogens with zero attached hydrogens (tertiary/aromatic N) is 1. The molecule has 0 radical (unpaired) electrons. The Hall–Kier alpha value is -1.93. The highest BCUT2D eigenvalue weighted by atomic mass is 16.6. The lowest BCUT2D eigenvalue weighted by Gasteiger charge is -2.31. The number of carboxylic acids is 1. The highest BCUT2D eigenvalue weighted by Crippen LogP contribution is 2.12. The summed E-state index contributed by atoms with van der Waals surface area (Å²) in [6.07, 6.45) is 21.2. The third kappa shape index (κ3) is 24.4. The van der Waals surface area contributed by atoms with Crippen LogP contribution in [0.3, 0.4) is 0 Å². The topological polar surface area (TPSA) is 99.1 Å². The van der Waals surface area contributed by atoms with Crippen LogP contribution in [0.15, 0.2) is 12.2 Å². The van der Waals surface area contributed by atoms with Crippen LogP contribution >= 0.6 is 0 Å². The van der Waals surface area contributed by atoms with Gasteiger partial charge in [0.25, 0.3) is 0 Å². The molecule has 0 saturated carbocycles. The summed E-state index contributed by atoms with van der Waals surface area (Å²) in [4.78, 5) is 36.4. The molecule has 0 aromatic rings. The largest absolute Gasteiger partial charge is 0.477 e. The Morgan fingerprint density at radius 1 is 0.707 bits per heavy atom. The van der Waals surface area contributed by atoms with Gasteiger partial charge in [0.15, 0.2) is 12.1 Å². The Balaban J connectivity index is 4.51. The molecule has 0 bridgehead atoms. The highest BCUT2D eigenvalue weighted by molar-refractivity contribution is 5.72. The van der Waals surface area contributed by atoms with E-state index in [0.29, 0.717) is 19.3 Å². The quantitative estimate of drug-likeness (QED) is 0.0448. The van der Waals surface area contributed by atoms with Gasteiger partial charge in [0.2, 0.25) is 0 Å². The number of likely N-dealkylation sites (N-methyl/N-ethyl adjacent to an activating group) is 1. The molecular weight excluding hydrogens is 522 g/mol. The van der Waals surface area contributed by atoms with Crippen molar-refractivity contribution in [3.8, 4) is 0 Å². The van der Waals surface area contributed by atoms with Crippen molar-refractivity contribution in [2.24, 2.45) is 0 Å². The average molecular weight is 585 g/mol. The van der Waals surface area contributed by atoms with E-state index in [1.165, 1.54) is 38.5 Å². The van der Waals surface area contributed by atoms with Gasteiger partial charge >= 0.3 is 17.9 Å². The normalized spacial score (nSPS) is 13.3. The predicted octanol–water partition coefficient (Wildman–Crippen LogP) is 7.24. The Bertz CT molecular complexity index is 702. The zero-order valence-corrected chi connectivity index (χ0v) is 27.0. The predicted molar refractivity (Wildman–Crippen MR) is 165 cm³/mol. The second kappa shape index (κ2) is 25.8. The lowest BCUT2D eigenvalue weighted by atomic mass is 10.1. The van der Waals surface area contributed by atoms with Gasteiger partial charge in [-0.3, -0.25) is 9.59 Å². The number of aliphatic carboxylic acids is 1. The fourth-order valence-corrected chi connectivity index (χ4v) is 4.56. The number of carbonyl (C=O) groups is 3. The Labute approximate surface area is 250 Å². The first-order chi connectivity index (χ1) is 19.6. The molecule has 0 saturated heterocycles. The summed E-state index contributed by atoms with van der Waals surface area (Å²) in [7, 11) is 5.50. The van der Waals surface area contributed by atoms with E-state index >= 15 is 0 Å². The number of hydrogen-bond acceptors (Lipinski definition) is 6. The summed E-state index contributed by atoms with van der Waals surface area (Å²) in [5.41, 5.74) is 0. The summed E-state index contributed by atoms with van der Waals surface area (Å²) in [6, 6.07) is -0.608. The molecule has 41 heavy (non-hydrogen) atoms. The van der Waals surface area contributed by atoms with Crippen molar-refractivity contribution < 1.29 is 38.2 Å². The van der Waals surface area contributed by atoms with Crippen LogP contribution in [-0.2, 0) is 28.6 Å². The van der Waals surface area contributed by atoms with E-state index in [2.05, 4.69) is 26.0 Å². The highest BCUT2D eigenvalue weighted by Gasteiger charge is 2.31. The number of carboxylic acid groups (broad SMARTS) is 1. The van der Waals surface area contributed by atoms with Crippen LogP contribution in [-0.4, -0.2) is 80.6 Å². The van der Waals surface area contributed by atoms with Crippen molar-refractivity contribution in [1.29, 1.82) is 0 Å². The van der Waals surface area contributed by atoms with Crippen molar-refractivity contribution in [1.82, 2.24) is 0 Å². The molecule has 0 aromatic carbocycles. The SMILES string of the molecule is CCC/C=C\CCCCCCCC(=O)OC(COCCC(C(=O)O)[N+](C)(C)C)COC(=O)CCCCCCCCC. The van der Waals surface area contributed by atoms with E-state index in [9.17, 15) is 19.5 Å². The molecule has 0 aliphatic rings. The van der Waals surface area contributed by atoms with Crippen LogP contribution < -0.4 is 0 Å². The van der Waals surface area contributed by atoms with Crippen LogP contribution in [0.25, 0.3) is 0 Å². The Kier molecular flexibility index (Phi) is 24.5. The van der Waals surface area contributed by atoms with E-state index in [1.54, 1.807) is 0 Å². The van der Waals surface area contributed by atoms with Crippen molar-refractivity contribution in [3.63, 3.8) is 0 Å². The molecule has 0 amide bonds. The number of unbranched alkanes of at least 4 members (excludes halogenated alkanes) is 12. The van der Waals surface area contributed by atoms with Crippen LogP contribution in [0, 0.1) is 0 Å². The zero-order chi connectivity index (χ0) is 30.8. The molecule has 0 spiro atoms. The van der Waals surface area contributed by atoms with Crippen LogP contribution in [0.1, 0.15) is 129 Å². The summed E-state index contributed by atoms with van der Waals surface area (Å²) >= 11 is 0. The fraction of sp³-hybridized carbons (Fsp3) is 0.848. The number of ether oxygens (including phenoxy) is 3. The second-order valence-corrected chi connectivity index (χ2v) is 12.1. The molecule has 0 fully saturated rings. The molecule has 0 rings (SSSR count). The van der Waals surface area contributed by atoms with E-state index in [-0.39, 0.29) is 36.2 Å². The molecule has 8 heteroatoms. The number of quaternary nitrogens is 1. The van der Waals surface area contributed by atoms with Crippen molar-refractivity contribution >= 4 is 17.9 Å². The van der Waals surface area contributed by atoms with Crippen LogP contribution in [0.2, 0.25) is 0 Å². The van der Waals surface area contributed by atoms with Gasteiger partial charge in [0, 0.05) is 19.3 Å². The van der Waals surface area contributed by atoms with E-state index in [1.807, 2.05) is 21.1 Å². The molecule has 1 N–H and O–H groups in total. The summed E-state index contributed by atoms with van der Waals surface area (Å²) in [5.74, 6) is -1.49. The minimum Gasteiger partial charge on any atom is -0.477 e. The number of hydrogen-bond donors (Lipinski definition) is 1. The number of rotatable bonds is 28. The van der Waals surface area contributed by atoms with Crippen molar-refractivity contribution in [2.75, 3.05) is 41.0 Å². The molecular formula is C33H62NO7+. The molecule has 0 heterocycles. The minimum atomic E-state index is -0.878. The van der Waals surface area contributed by atoms with Gasteiger partial charge in [-0.05, 0) is 32.1 Å². The third-order valence-electron chi connectivity index (χ3n) is 7.15. The standard InChI is InChI=1S/C33H61NO7/c1-6-8-10-12-14-15-16-18-20-22-24-32(36)41-29(27-39-26-25-30(33(37)38)34(3,4)5)28-40-31(35)23-21-19-17-13-11-9-7-2/h10,12,29-30H,6-9,11,13-28H2,1-5H3/p+1/b12-10-. The number of allylic oxidation sites excluding steroid dienone is 2. The lowest BCUT2D eigenvalue weighted by molar-refractivity contribution is -0.887. The Morgan fingerprint density at radius 3 is 1.85 bits per heavy atom. The third-order valence-corrected chi connectivity index (χ3v) is 7.15. The second-order valence-electron chi connectivity index (χ2n) is 12.1. The van der Waals surface area contributed by atoms with Crippen molar-refractivity contribution in [3.05, 3.63) is 12.2 Å². The smallest absolute Gasteiger partial charge is 0.362 e. The summed E-state index contributed by atoms with van der Waals surface area (Å²) in [6.45, 7) is 4.59. The van der Waals surface area contributed by atoms with Gasteiger partial charge in [-0.25, -0.2) is 4.79 Å². The van der Waals surface area contributed by atoms with Gasteiger partial charge in [0.05, 0.1) is 34.4 Å². The molecule has 0 aromatic heterocycles. The summed E-state index contributed by atoms with van der Waals surface area (Å²) < 4.78 is 17.0. The van der Waals surface area contributed by atoms with Crippen molar-refractivity contribution in [2.45, 2.75) is 142 Å². The first kappa shape index (κ1) is 39.1. The molecule has 2 atom stereocenters. The van der Waals surface area contributed by atoms with Gasteiger partial charge < -0.3 is 23.8 Å². The van der Waals surface area contributed by atoms with Gasteiger partial charge in [-0.15, -0.1) is 0 Å². The monoisotopic (exact) mass is 584 g/mol. The van der Waals surface area contributed by atoms with Gasteiger partial charge in [0.1, 0.15) is 6.61 Å². The van der Waals surface area contributed by atoms with Gasteiger partial charge in [-0.2, -0.15) is 0 Å². The minimum absolute atomic E-state index is 0.0513. The molecule has 0 aliphatic heterocycles. The van der Waals surface area contributed by atoms with Gasteiger partial charge in [-0.1, -0.05) is 90.2 Å². The van der Waals surface area contributed by atoms with E-state index < -0.39 is 18.1 Å². The summed E-state index contributed by atoms with van der Waals surface area (Å²) in [5, 5.41) is 9.52. The van der Waals surface area contributed by atoms with Crippen LogP contribution in [0.4, 0.5) is 0 Å². The fourth-order valence-electron chi connectivity index (χ4n) is 4.56. The first-order valence-electron chi connectivity index (χ1n) is 16.2. The molecule has 2 unspecified atom stereocenters. The molecule has 240 valence electrons. The Morgan fingerprint density at radius 2 is 1.27 bits per heavy atom. The zero-order valence-electron chi connectivity index (χ0n) is 27.0. The number of esters is 2. The number of carbonyl (C=O) groups excluding carboxylic acids is 2. The average Bonchev–Trinajstić information content (AvgIpc) is 2.91. The van der Waals surface area contributed by atoms with E-state index in [0.717, 1.165) is 57.8 Å². The lowest BCUT2D eigenvalue weighted by Crippen LogP contribution is -2.50.